The monoisotopic (exact) mass is 381 g/mol. The molecule has 26 heavy (non-hydrogen) atoms. The first kappa shape index (κ1) is 17.9. The number of para-hydroxylation sites is 2. The Balaban J connectivity index is 1.64. The summed E-state index contributed by atoms with van der Waals surface area (Å²) in [4.78, 5) is 12.3. The van der Waals surface area contributed by atoms with E-state index in [1.54, 1.807) is 25.1 Å². The Morgan fingerprint density at radius 1 is 1.23 bits per heavy atom. The average Bonchev–Trinajstić information content (AvgIpc) is 3.27. The third-order valence-electron chi connectivity index (χ3n) is 3.15. The molecule has 7 nitrogen and oxygen atoms in total. The molecular formula is C16H13F2N3O4S. The van der Waals surface area contributed by atoms with Crippen LogP contribution in [-0.4, -0.2) is 28.0 Å². The molecule has 0 radical (unpaired) electrons. The van der Waals surface area contributed by atoms with Crippen LogP contribution in [0.1, 0.15) is 6.92 Å². The maximum Gasteiger partial charge on any atom is 0.387 e. The molecule has 0 spiro atoms. The number of aromatic nitrogens is 2. The number of amides is 1. The molecule has 1 aromatic carbocycles. The lowest BCUT2D eigenvalue weighted by Gasteiger charge is -2.13. The van der Waals surface area contributed by atoms with Crippen molar-refractivity contribution in [3.63, 3.8) is 0 Å². The van der Waals surface area contributed by atoms with Crippen LogP contribution in [0.2, 0.25) is 0 Å². The molecule has 0 saturated heterocycles. The van der Waals surface area contributed by atoms with Gasteiger partial charge in [0.25, 0.3) is 11.1 Å². The largest absolute Gasteiger partial charge is 0.459 e. The van der Waals surface area contributed by atoms with Gasteiger partial charge in [-0.3, -0.25) is 4.79 Å². The van der Waals surface area contributed by atoms with Crippen molar-refractivity contribution in [1.29, 1.82) is 0 Å². The summed E-state index contributed by atoms with van der Waals surface area (Å²) in [5.41, 5.74) is 0.145. The molecule has 0 aliphatic heterocycles. The highest BCUT2D eigenvalue weighted by molar-refractivity contribution is 8.00. The average molecular weight is 381 g/mol. The van der Waals surface area contributed by atoms with Crippen LogP contribution in [0.3, 0.4) is 0 Å². The van der Waals surface area contributed by atoms with Crippen LogP contribution < -0.4 is 10.1 Å². The van der Waals surface area contributed by atoms with E-state index < -0.39 is 17.8 Å². The lowest BCUT2D eigenvalue weighted by atomic mass is 10.3. The predicted molar refractivity (Wildman–Crippen MR) is 89.0 cm³/mol. The van der Waals surface area contributed by atoms with Gasteiger partial charge in [-0.1, -0.05) is 23.9 Å². The number of rotatable bonds is 7. The highest BCUT2D eigenvalue weighted by Crippen LogP contribution is 2.29. The third kappa shape index (κ3) is 4.39. The number of anilines is 1. The number of nitrogens with zero attached hydrogens (tertiary/aromatic N) is 2. The smallest absolute Gasteiger partial charge is 0.387 e. The SMILES string of the molecule is C[C@@H](Sc1nnc(-c2ccco2)o1)C(=O)Nc1ccccc1OC(F)F. The molecule has 10 heteroatoms. The van der Waals surface area contributed by atoms with E-state index in [1.165, 1.54) is 24.5 Å². The third-order valence-corrected chi connectivity index (χ3v) is 4.08. The van der Waals surface area contributed by atoms with Gasteiger partial charge in [0, 0.05) is 0 Å². The van der Waals surface area contributed by atoms with Gasteiger partial charge in [-0.15, -0.1) is 10.2 Å². The first-order chi connectivity index (χ1) is 12.5. The number of halogens is 2. The predicted octanol–water partition coefficient (Wildman–Crippen LogP) is 4.05. The van der Waals surface area contributed by atoms with Crippen molar-refractivity contribution in [2.75, 3.05) is 5.32 Å². The fourth-order valence-corrected chi connectivity index (χ4v) is 2.65. The number of ether oxygens (including phenoxy) is 1. The fourth-order valence-electron chi connectivity index (χ4n) is 1.96. The van der Waals surface area contributed by atoms with Gasteiger partial charge < -0.3 is 18.9 Å². The Bertz CT molecular complexity index is 870. The van der Waals surface area contributed by atoms with Crippen molar-refractivity contribution in [2.24, 2.45) is 0 Å². The number of hydrogen-bond acceptors (Lipinski definition) is 7. The molecular weight excluding hydrogens is 368 g/mol. The molecule has 0 saturated carbocycles. The fraction of sp³-hybridized carbons (Fsp3) is 0.188. The molecule has 0 aliphatic carbocycles. The second-order valence-corrected chi connectivity index (χ2v) is 6.27. The van der Waals surface area contributed by atoms with Gasteiger partial charge in [0.05, 0.1) is 17.2 Å². The van der Waals surface area contributed by atoms with Crippen LogP contribution >= 0.6 is 11.8 Å². The quantitative estimate of drug-likeness (QED) is 0.618. The van der Waals surface area contributed by atoms with Crippen LogP contribution in [0.25, 0.3) is 11.7 Å². The zero-order chi connectivity index (χ0) is 18.5. The number of carbonyl (C=O) groups excluding carboxylic acids is 1. The second-order valence-electron chi connectivity index (χ2n) is 4.97. The zero-order valence-electron chi connectivity index (χ0n) is 13.4. The Hall–Kier alpha value is -2.88. The minimum Gasteiger partial charge on any atom is -0.459 e. The van der Waals surface area contributed by atoms with Gasteiger partial charge in [-0.2, -0.15) is 8.78 Å². The summed E-state index contributed by atoms with van der Waals surface area (Å²) in [5, 5.41) is 9.77. The first-order valence-electron chi connectivity index (χ1n) is 7.41. The second kappa shape index (κ2) is 8.00. The summed E-state index contributed by atoms with van der Waals surface area (Å²) >= 11 is 1.03. The highest BCUT2D eigenvalue weighted by Gasteiger charge is 2.21. The number of alkyl halides is 2. The standard InChI is InChI=1S/C16H13F2N3O4S/c1-9(26-16-21-20-14(25-16)12-7-4-8-23-12)13(22)19-10-5-2-3-6-11(10)24-15(17)18/h2-9,15H,1H3,(H,19,22)/t9-/m1/s1. The van der Waals surface area contributed by atoms with Gasteiger partial charge in [-0.05, 0) is 31.2 Å². The van der Waals surface area contributed by atoms with Crippen molar-refractivity contribution in [1.82, 2.24) is 10.2 Å². The van der Waals surface area contributed by atoms with Crippen LogP contribution in [0, 0.1) is 0 Å². The number of furan rings is 1. The topological polar surface area (TPSA) is 90.4 Å². The van der Waals surface area contributed by atoms with Gasteiger partial charge >= 0.3 is 6.61 Å². The number of nitrogens with one attached hydrogen (secondary N) is 1. The summed E-state index contributed by atoms with van der Waals surface area (Å²) in [6.07, 6.45) is 1.47. The maximum atomic E-state index is 12.4. The van der Waals surface area contributed by atoms with Crippen LogP contribution in [-0.2, 0) is 4.79 Å². The minimum atomic E-state index is -2.99. The first-order valence-corrected chi connectivity index (χ1v) is 8.29. The molecule has 136 valence electrons. The van der Waals surface area contributed by atoms with E-state index in [4.69, 9.17) is 8.83 Å². The molecule has 3 aromatic rings. The van der Waals surface area contributed by atoms with Crippen molar-refractivity contribution in [2.45, 2.75) is 24.0 Å². The van der Waals surface area contributed by atoms with Gasteiger partial charge in [0.2, 0.25) is 5.91 Å². The van der Waals surface area contributed by atoms with Gasteiger partial charge in [-0.25, -0.2) is 0 Å². The normalized spacial score (nSPS) is 12.2. The van der Waals surface area contributed by atoms with Crippen LogP contribution in [0.15, 0.2) is 56.7 Å². The molecule has 2 heterocycles. The summed E-state index contributed by atoms with van der Waals surface area (Å²) in [5.74, 6) is 0.0596. The number of hydrogen-bond donors (Lipinski definition) is 1. The Morgan fingerprint density at radius 2 is 2.04 bits per heavy atom. The summed E-state index contributed by atoms with van der Waals surface area (Å²) < 4.78 is 39.8. The van der Waals surface area contributed by atoms with Crippen molar-refractivity contribution in [3.05, 3.63) is 42.7 Å². The van der Waals surface area contributed by atoms with Gasteiger partial charge in [0.15, 0.2) is 5.76 Å². The molecule has 0 unspecified atom stereocenters. The number of carbonyl (C=O) groups is 1. The lowest BCUT2D eigenvalue weighted by molar-refractivity contribution is -0.115. The van der Waals surface area contributed by atoms with Crippen LogP contribution in [0.4, 0.5) is 14.5 Å². The highest BCUT2D eigenvalue weighted by atomic mass is 32.2. The molecule has 0 bridgehead atoms. The Labute approximate surface area is 150 Å². The molecule has 1 amide bonds. The van der Waals surface area contributed by atoms with Gasteiger partial charge in [0.1, 0.15) is 5.75 Å². The maximum absolute atomic E-state index is 12.4. The molecule has 1 N–H and O–H groups in total. The van der Waals surface area contributed by atoms with E-state index >= 15 is 0 Å². The number of benzene rings is 1. The summed E-state index contributed by atoms with van der Waals surface area (Å²) in [7, 11) is 0. The van der Waals surface area contributed by atoms with Crippen molar-refractivity contribution in [3.8, 4) is 17.4 Å². The van der Waals surface area contributed by atoms with E-state index in [9.17, 15) is 13.6 Å². The van der Waals surface area contributed by atoms with Crippen LogP contribution in [0.5, 0.6) is 5.75 Å². The summed E-state index contributed by atoms with van der Waals surface area (Å²) in [6.45, 7) is -1.37. The molecule has 0 aliphatic rings. The lowest BCUT2D eigenvalue weighted by Crippen LogP contribution is -2.23. The number of thioether (sulfide) groups is 1. The van der Waals surface area contributed by atoms with E-state index in [0.29, 0.717) is 5.76 Å². The van der Waals surface area contributed by atoms with Crippen molar-refractivity contribution >= 4 is 23.4 Å². The van der Waals surface area contributed by atoms with E-state index in [0.717, 1.165) is 11.8 Å². The Morgan fingerprint density at radius 3 is 2.77 bits per heavy atom. The molecule has 0 fully saturated rings. The zero-order valence-corrected chi connectivity index (χ0v) is 14.2. The minimum absolute atomic E-state index is 0.119. The van der Waals surface area contributed by atoms with E-state index in [-0.39, 0.29) is 22.6 Å². The summed E-state index contributed by atoms with van der Waals surface area (Å²) in [6, 6.07) is 9.28. The Kier molecular flexibility index (Phi) is 5.52. The molecule has 2 aromatic heterocycles. The molecule has 1 atom stereocenters. The van der Waals surface area contributed by atoms with E-state index in [2.05, 4.69) is 20.3 Å². The molecule has 3 rings (SSSR count). The van der Waals surface area contributed by atoms with E-state index in [1.807, 2.05) is 0 Å². The van der Waals surface area contributed by atoms with Crippen molar-refractivity contribution < 1.29 is 27.1 Å².